The van der Waals surface area contributed by atoms with Gasteiger partial charge in [-0.2, -0.15) is 0 Å². The van der Waals surface area contributed by atoms with Gasteiger partial charge in [0.1, 0.15) is 0 Å². The molecule has 0 bridgehead atoms. The van der Waals surface area contributed by atoms with Gasteiger partial charge in [-0.15, -0.1) is 0 Å². The predicted molar refractivity (Wildman–Crippen MR) is 42.5 cm³/mol. The van der Waals surface area contributed by atoms with Gasteiger partial charge in [-0.1, -0.05) is 20.8 Å². The van der Waals surface area contributed by atoms with Crippen molar-refractivity contribution >= 4 is 0 Å². The average molecular weight is 141 g/mol. The van der Waals surface area contributed by atoms with E-state index >= 15 is 0 Å². The topological polar surface area (TPSA) is 20.2 Å². The molecule has 59 valence electrons. The first-order valence-electron chi connectivity index (χ1n) is 4.01. The molecule has 1 heteroatoms. The second-order valence-corrected chi connectivity index (χ2v) is 4.34. The summed E-state index contributed by atoms with van der Waals surface area (Å²) in [6.45, 7) is 6.72. The third kappa shape index (κ3) is 1.72. The fourth-order valence-corrected chi connectivity index (χ4v) is 1.51. The molecule has 0 spiro atoms. The zero-order chi connectivity index (χ0) is 7.78. The Morgan fingerprint density at radius 1 is 1.40 bits per heavy atom. The number of hydrogen-bond acceptors (Lipinski definition) is 1. The fourth-order valence-electron chi connectivity index (χ4n) is 1.51. The van der Waals surface area contributed by atoms with E-state index in [9.17, 15) is 5.11 Å². The Hall–Kier alpha value is -0.0400. The molecule has 0 saturated heterocycles. The Morgan fingerprint density at radius 3 is 2.20 bits per heavy atom. The van der Waals surface area contributed by atoms with Crippen LogP contribution in [0.15, 0.2) is 0 Å². The van der Waals surface area contributed by atoms with E-state index in [1.54, 1.807) is 0 Å². The van der Waals surface area contributed by atoms with Gasteiger partial charge in [0.25, 0.3) is 0 Å². The summed E-state index contributed by atoms with van der Waals surface area (Å²) in [5, 5.41) is 9.21. The molecule has 1 radical (unpaired) electrons. The molecule has 0 aliphatic heterocycles. The monoisotopic (exact) mass is 141 g/mol. The highest BCUT2D eigenvalue weighted by Crippen LogP contribution is 2.38. The van der Waals surface area contributed by atoms with E-state index < -0.39 is 0 Å². The Kier molecular flexibility index (Phi) is 2.04. The van der Waals surface area contributed by atoms with Gasteiger partial charge in [0.15, 0.2) is 0 Å². The van der Waals surface area contributed by atoms with Crippen LogP contribution >= 0.6 is 0 Å². The Bertz CT molecular complexity index is 112. The van der Waals surface area contributed by atoms with Gasteiger partial charge < -0.3 is 5.11 Å². The van der Waals surface area contributed by atoms with Crippen LogP contribution in [-0.2, 0) is 0 Å². The van der Waals surface area contributed by atoms with Crippen LogP contribution in [0.5, 0.6) is 0 Å². The minimum atomic E-state index is -0.135. The van der Waals surface area contributed by atoms with Crippen molar-refractivity contribution in [3.63, 3.8) is 0 Å². The minimum absolute atomic E-state index is 0.135. The van der Waals surface area contributed by atoms with E-state index in [1.807, 2.05) is 6.42 Å². The zero-order valence-corrected chi connectivity index (χ0v) is 7.09. The Balaban J connectivity index is 2.45. The molecule has 1 aliphatic carbocycles. The summed E-state index contributed by atoms with van der Waals surface area (Å²) in [6, 6.07) is 0. The molecule has 1 N–H and O–H groups in total. The molecular weight excluding hydrogens is 124 g/mol. The normalized spacial score (nSPS) is 34.8. The van der Waals surface area contributed by atoms with Crippen molar-refractivity contribution in [3.05, 3.63) is 6.42 Å². The van der Waals surface area contributed by atoms with Crippen LogP contribution < -0.4 is 0 Å². The summed E-state index contributed by atoms with van der Waals surface area (Å²) >= 11 is 0. The van der Waals surface area contributed by atoms with Crippen LogP contribution in [0.4, 0.5) is 0 Å². The van der Waals surface area contributed by atoms with Crippen LogP contribution in [0.25, 0.3) is 0 Å². The van der Waals surface area contributed by atoms with E-state index in [1.165, 1.54) is 0 Å². The first kappa shape index (κ1) is 8.06. The zero-order valence-electron chi connectivity index (χ0n) is 7.09. The van der Waals surface area contributed by atoms with E-state index in [-0.39, 0.29) is 6.10 Å². The maximum absolute atomic E-state index is 9.21. The van der Waals surface area contributed by atoms with Crippen LogP contribution in [-0.4, -0.2) is 11.2 Å². The highest BCUT2D eigenvalue weighted by atomic mass is 16.3. The molecule has 2 atom stereocenters. The number of rotatable bonds is 0. The van der Waals surface area contributed by atoms with Crippen molar-refractivity contribution in [2.24, 2.45) is 11.3 Å². The molecule has 10 heavy (non-hydrogen) atoms. The van der Waals surface area contributed by atoms with Gasteiger partial charge in [-0.25, -0.2) is 0 Å². The molecule has 1 nitrogen and oxygen atoms in total. The third-order valence-corrected chi connectivity index (χ3v) is 2.44. The molecule has 0 aromatic rings. The van der Waals surface area contributed by atoms with Gasteiger partial charge in [-0.05, 0) is 30.6 Å². The predicted octanol–water partition coefficient (Wildman–Crippen LogP) is 2.01. The molecule has 1 fully saturated rings. The lowest BCUT2D eigenvalue weighted by Gasteiger charge is -2.26. The second kappa shape index (κ2) is 2.54. The van der Waals surface area contributed by atoms with Crippen molar-refractivity contribution < 1.29 is 5.11 Å². The fraction of sp³-hybridized carbons (Fsp3) is 0.889. The minimum Gasteiger partial charge on any atom is -0.393 e. The standard InChI is InChI=1S/C9H17O/c1-9(2,3)7-4-5-8(10)6-7/h5,7-8,10H,4,6H2,1-3H3. The maximum atomic E-state index is 9.21. The lowest BCUT2D eigenvalue weighted by atomic mass is 9.80. The summed E-state index contributed by atoms with van der Waals surface area (Å²) in [4.78, 5) is 0. The van der Waals surface area contributed by atoms with Crippen molar-refractivity contribution in [1.29, 1.82) is 0 Å². The molecule has 1 aliphatic rings. The van der Waals surface area contributed by atoms with E-state index in [2.05, 4.69) is 20.8 Å². The van der Waals surface area contributed by atoms with Crippen molar-refractivity contribution in [1.82, 2.24) is 0 Å². The van der Waals surface area contributed by atoms with Gasteiger partial charge in [-0.3, -0.25) is 0 Å². The summed E-state index contributed by atoms with van der Waals surface area (Å²) in [5.41, 5.74) is 0.369. The van der Waals surface area contributed by atoms with Crippen molar-refractivity contribution in [2.45, 2.75) is 39.7 Å². The average Bonchev–Trinajstić information content (AvgIpc) is 2.11. The largest absolute Gasteiger partial charge is 0.393 e. The van der Waals surface area contributed by atoms with Crippen molar-refractivity contribution in [3.8, 4) is 0 Å². The highest BCUT2D eigenvalue weighted by molar-refractivity contribution is 4.93. The molecule has 1 rings (SSSR count). The molecule has 0 aromatic carbocycles. The molecule has 2 unspecified atom stereocenters. The summed E-state index contributed by atoms with van der Waals surface area (Å²) in [7, 11) is 0. The smallest absolute Gasteiger partial charge is 0.0575 e. The van der Waals surface area contributed by atoms with E-state index in [4.69, 9.17) is 0 Å². The molecule has 0 aromatic heterocycles. The van der Waals surface area contributed by atoms with Crippen LogP contribution in [0.3, 0.4) is 0 Å². The maximum Gasteiger partial charge on any atom is 0.0575 e. The van der Waals surface area contributed by atoms with E-state index in [0.717, 1.165) is 12.8 Å². The quantitative estimate of drug-likeness (QED) is 0.547. The Labute approximate surface area is 63.4 Å². The van der Waals surface area contributed by atoms with Crippen molar-refractivity contribution in [2.75, 3.05) is 0 Å². The van der Waals surface area contributed by atoms with Gasteiger partial charge in [0, 0.05) is 0 Å². The van der Waals surface area contributed by atoms with Crippen LogP contribution in [0.2, 0.25) is 0 Å². The molecular formula is C9H17O. The van der Waals surface area contributed by atoms with Gasteiger partial charge >= 0.3 is 0 Å². The van der Waals surface area contributed by atoms with Crippen LogP contribution in [0, 0.1) is 17.8 Å². The Morgan fingerprint density at radius 2 is 2.00 bits per heavy atom. The summed E-state index contributed by atoms with van der Waals surface area (Å²) in [6.07, 6.45) is 3.94. The molecule has 0 amide bonds. The first-order valence-corrected chi connectivity index (χ1v) is 4.01. The van der Waals surface area contributed by atoms with E-state index in [0.29, 0.717) is 11.3 Å². The second-order valence-electron chi connectivity index (χ2n) is 4.34. The van der Waals surface area contributed by atoms with Gasteiger partial charge in [0.2, 0.25) is 0 Å². The lowest BCUT2D eigenvalue weighted by molar-refractivity contribution is 0.170. The molecule has 0 heterocycles. The molecule has 1 saturated carbocycles. The summed E-state index contributed by atoms with van der Waals surface area (Å²) < 4.78 is 0. The summed E-state index contributed by atoms with van der Waals surface area (Å²) in [5.74, 6) is 0.683. The first-order chi connectivity index (χ1) is 4.50. The number of aliphatic hydroxyl groups is 1. The van der Waals surface area contributed by atoms with Gasteiger partial charge in [0.05, 0.1) is 6.10 Å². The number of hydrogen-bond donors (Lipinski definition) is 1. The van der Waals surface area contributed by atoms with Crippen LogP contribution in [0.1, 0.15) is 33.6 Å². The highest BCUT2D eigenvalue weighted by Gasteiger charge is 2.31. The third-order valence-electron chi connectivity index (χ3n) is 2.44. The lowest BCUT2D eigenvalue weighted by Crippen LogP contribution is -2.18. The SMILES string of the molecule is CC(C)(C)C1C[CH]C(O)C1. The number of aliphatic hydroxyl groups excluding tert-OH is 1.